The molecule has 0 aromatic carbocycles. The monoisotopic (exact) mass is 491 g/mol. The van der Waals surface area contributed by atoms with Crippen LogP contribution < -0.4 is 15.2 Å². The molecule has 3 rings (SSSR count). The van der Waals surface area contributed by atoms with Crippen molar-refractivity contribution in [2.24, 2.45) is 11.0 Å². The van der Waals surface area contributed by atoms with Gasteiger partial charge in [-0.25, -0.2) is 13.8 Å². The van der Waals surface area contributed by atoms with Crippen molar-refractivity contribution in [3.63, 3.8) is 0 Å². The molecule has 1 unspecified atom stereocenters. The number of allylic oxidation sites excluding steroid dienone is 2. The lowest BCUT2D eigenvalue weighted by Gasteiger charge is -2.43. The molecule has 2 aliphatic rings. The summed E-state index contributed by atoms with van der Waals surface area (Å²) >= 11 is 0. The van der Waals surface area contributed by atoms with Gasteiger partial charge in [-0.3, -0.25) is 0 Å². The number of anilines is 2. The van der Waals surface area contributed by atoms with E-state index in [1.54, 1.807) is 25.5 Å². The van der Waals surface area contributed by atoms with E-state index in [-0.39, 0.29) is 11.6 Å². The van der Waals surface area contributed by atoms with E-state index < -0.39 is 12.0 Å². The number of aromatic nitrogens is 1. The molecule has 2 N–H and O–H groups in total. The number of rotatable bonds is 9. The van der Waals surface area contributed by atoms with Crippen LogP contribution in [0.25, 0.3) is 6.08 Å². The number of piperidine rings is 1. The molecule has 2 aliphatic heterocycles. The molecule has 9 heteroatoms. The highest BCUT2D eigenvalue weighted by atomic mass is 19.3. The number of alkyl halides is 2. The van der Waals surface area contributed by atoms with E-state index in [0.29, 0.717) is 63.6 Å². The average molecular weight is 492 g/mol. The summed E-state index contributed by atoms with van der Waals surface area (Å²) in [6.45, 7) is 11.3. The first kappa shape index (κ1) is 27.1. The Morgan fingerprint density at radius 3 is 2.57 bits per heavy atom. The molecule has 0 radical (unpaired) electrons. The Kier molecular flexibility index (Phi) is 9.24. The Morgan fingerprint density at radius 2 is 2.00 bits per heavy atom. The van der Waals surface area contributed by atoms with Gasteiger partial charge in [0.25, 0.3) is 6.43 Å². The summed E-state index contributed by atoms with van der Waals surface area (Å²) in [5, 5.41) is 16.0. The molecule has 7 nitrogen and oxygen atoms in total. The summed E-state index contributed by atoms with van der Waals surface area (Å²) in [7, 11) is 1.66. The molecule has 0 spiro atoms. The van der Waals surface area contributed by atoms with Gasteiger partial charge < -0.3 is 25.1 Å². The second-order valence-corrected chi connectivity index (χ2v) is 9.16. The molecule has 1 aromatic heterocycles. The Balaban J connectivity index is 1.94. The predicted octanol–water partition coefficient (Wildman–Crippen LogP) is 4.40. The van der Waals surface area contributed by atoms with E-state index in [1.165, 1.54) is 0 Å². The molecule has 3 heterocycles. The SMILES string of the molecule is C/C=C\c1c(N(CC)CC)cc(N2CCC(O)(C3=C(C)C=NNCC3COC)CC2)nc1C(F)F. The number of aliphatic hydroxyl groups is 1. The van der Waals surface area contributed by atoms with E-state index in [2.05, 4.69) is 20.4 Å². The second-order valence-electron chi connectivity index (χ2n) is 9.16. The Labute approximate surface area is 207 Å². The normalized spacial score (nSPS) is 20.5. The lowest BCUT2D eigenvalue weighted by Crippen LogP contribution is -2.48. The predicted molar refractivity (Wildman–Crippen MR) is 138 cm³/mol. The fourth-order valence-corrected chi connectivity index (χ4v) is 5.30. The molecule has 0 saturated carbocycles. The van der Waals surface area contributed by atoms with Gasteiger partial charge in [0.1, 0.15) is 11.5 Å². The molecule has 0 bridgehead atoms. The van der Waals surface area contributed by atoms with Gasteiger partial charge in [0.05, 0.1) is 12.2 Å². The van der Waals surface area contributed by atoms with Gasteiger partial charge in [0.15, 0.2) is 0 Å². The van der Waals surface area contributed by atoms with Crippen LogP contribution in [0.4, 0.5) is 20.3 Å². The van der Waals surface area contributed by atoms with Crippen LogP contribution in [-0.4, -0.2) is 68.3 Å². The fraction of sp³-hybridized carbons (Fsp3) is 0.615. The Hall–Kier alpha value is -2.52. The van der Waals surface area contributed by atoms with Crippen molar-refractivity contribution in [2.45, 2.75) is 52.6 Å². The van der Waals surface area contributed by atoms with Crippen LogP contribution in [-0.2, 0) is 4.74 Å². The van der Waals surface area contributed by atoms with E-state index in [1.807, 2.05) is 38.7 Å². The molecular weight excluding hydrogens is 452 g/mol. The maximum atomic E-state index is 14.1. The average Bonchev–Trinajstić information content (AvgIpc) is 3.02. The highest BCUT2D eigenvalue weighted by Gasteiger charge is 2.41. The number of hydrogen-bond donors (Lipinski definition) is 2. The third-order valence-corrected chi connectivity index (χ3v) is 7.00. The number of nitrogens with zero attached hydrogens (tertiary/aromatic N) is 4. The van der Waals surface area contributed by atoms with Crippen molar-refractivity contribution in [3.05, 3.63) is 34.5 Å². The van der Waals surface area contributed by atoms with Crippen LogP contribution in [0.2, 0.25) is 0 Å². The summed E-state index contributed by atoms with van der Waals surface area (Å²) < 4.78 is 33.6. The smallest absolute Gasteiger partial charge is 0.281 e. The van der Waals surface area contributed by atoms with Gasteiger partial charge in [-0.05, 0) is 51.7 Å². The third kappa shape index (κ3) is 5.83. The number of hydrazone groups is 1. The largest absolute Gasteiger partial charge is 0.385 e. The van der Waals surface area contributed by atoms with E-state index in [9.17, 15) is 13.9 Å². The van der Waals surface area contributed by atoms with Crippen molar-refractivity contribution < 1.29 is 18.6 Å². The maximum absolute atomic E-state index is 14.1. The van der Waals surface area contributed by atoms with Crippen LogP contribution in [0.5, 0.6) is 0 Å². The van der Waals surface area contributed by atoms with Gasteiger partial charge in [0.2, 0.25) is 0 Å². The van der Waals surface area contributed by atoms with Crippen molar-refractivity contribution in [1.82, 2.24) is 10.4 Å². The Bertz CT molecular complexity index is 951. The van der Waals surface area contributed by atoms with E-state index in [4.69, 9.17) is 4.74 Å². The summed E-state index contributed by atoms with van der Waals surface area (Å²) in [4.78, 5) is 8.50. The molecule has 1 atom stereocenters. The minimum Gasteiger partial charge on any atom is -0.385 e. The second kappa shape index (κ2) is 11.9. The molecule has 0 amide bonds. The van der Waals surface area contributed by atoms with Crippen molar-refractivity contribution in [3.8, 4) is 0 Å². The molecule has 1 aromatic rings. The fourth-order valence-electron chi connectivity index (χ4n) is 5.30. The lowest BCUT2D eigenvalue weighted by atomic mass is 9.76. The summed E-state index contributed by atoms with van der Waals surface area (Å²) in [5.74, 6) is 0.526. The van der Waals surface area contributed by atoms with Gasteiger partial charge in [0, 0.05) is 69.3 Å². The van der Waals surface area contributed by atoms with Crippen LogP contribution in [0.3, 0.4) is 0 Å². The van der Waals surface area contributed by atoms with Crippen LogP contribution >= 0.6 is 0 Å². The standard InChI is InChI=1S/C26H39F2N5O2/c1-6-9-20-21(32(7-2)8-3)14-22(31-24(20)25(27)28)33-12-10-26(34,11-13-33)23-18(4)15-29-30-16-19(23)17-35-5/h6,9,14-15,19,25,30,34H,7-8,10-13,16-17H2,1-5H3/b9-6-. The molecule has 0 aliphatic carbocycles. The highest BCUT2D eigenvalue weighted by Crippen LogP contribution is 2.39. The topological polar surface area (TPSA) is 73.2 Å². The zero-order valence-corrected chi connectivity index (χ0v) is 21.5. The van der Waals surface area contributed by atoms with Gasteiger partial charge in [-0.2, -0.15) is 5.10 Å². The van der Waals surface area contributed by atoms with Crippen molar-refractivity contribution in [2.75, 3.05) is 56.2 Å². The zero-order valence-electron chi connectivity index (χ0n) is 21.5. The zero-order chi connectivity index (χ0) is 25.6. The van der Waals surface area contributed by atoms with Gasteiger partial charge in [-0.1, -0.05) is 12.2 Å². The molecule has 35 heavy (non-hydrogen) atoms. The molecular formula is C26H39F2N5O2. The number of pyridine rings is 1. The van der Waals surface area contributed by atoms with Gasteiger partial charge >= 0.3 is 0 Å². The van der Waals surface area contributed by atoms with E-state index in [0.717, 1.165) is 16.8 Å². The van der Waals surface area contributed by atoms with Crippen LogP contribution in [0.1, 0.15) is 58.2 Å². The van der Waals surface area contributed by atoms with Crippen LogP contribution in [0.15, 0.2) is 28.4 Å². The highest BCUT2D eigenvalue weighted by molar-refractivity contribution is 5.80. The maximum Gasteiger partial charge on any atom is 0.281 e. The molecule has 1 saturated heterocycles. The number of ether oxygens (including phenoxy) is 1. The van der Waals surface area contributed by atoms with Crippen molar-refractivity contribution >= 4 is 23.8 Å². The quantitative estimate of drug-likeness (QED) is 0.534. The number of methoxy groups -OCH3 is 1. The van der Waals surface area contributed by atoms with Gasteiger partial charge in [-0.15, -0.1) is 0 Å². The number of hydrogen-bond acceptors (Lipinski definition) is 7. The summed E-state index contributed by atoms with van der Waals surface area (Å²) in [6.07, 6.45) is 3.49. The van der Waals surface area contributed by atoms with Crippen LogP contribution in [0, 0.1) is 5.92 Å². The Morgan fingerprint density at radius 1 is 1.31 bits per heavy atom. The summed E-state index contributed by atoms with van der Waals surface area (Å²) in [5.41, 5.74) is 4.93. The first-order valence-electron chi connectivity index (χ1n) is 12.4. The first-order valence-corrected chi connectivity index (χ1v) is 12.4. The molecule has 1 fully saturated rings. The number of halogens is 2. The third-order valence-electron chi connectivity index (χ3n) is 7.00. The first-order chi connectivity index (χ1) is 16.8. The number of nitrogens with one attached hydrogen (secondary N) is 1. The minimum absolute atomic E-state index is 0.00278. The van der Waals surface area contributed by atoms with Crippen molar-refractivity contribution in [1.29, 1.82) is 0 Å². The van der Waals surface area contributed by atoms with E-state index >= 15 is 0 Å². The molecule has 194 valence electrons. The summed E-state index contributed by atoms with van der Waals surface area (Å²) in [6, 6.07) is 1.92. The lowest BCUT2D eigenvalue weighted by molar-refractivity contribution is 0.0332. The minimum atomic E-state index is -2.68.